The lowest BCUT2D eigenvalue weighted by molar-refractivity contribution is 0.311. The minimum absolute atomic E-state index is 0.823. The highest BCUT2D eigenvalue weighted by atomic mass is 15.2. The van der Waals surface area contributed by atoms with E-state index < -0.39 is 0 Å². The van der Waals surface area contributed by atoms with Crippen LogP contribution in [0.4, 0.5) is 0 Å². The standard InChI is InChI=1S/C16H32N2/c1-2-3-4-5-6-7-8-12-18-13-15-10-9-11-17-16(15)14-18/h15-17H,2-14H2,1H3/t15-,16+/m0/s1. The fourth-order valence-corrected chi connectivity index (χ4v) is 3.61. The Kier molecular flexibility index (Phi) is 6.50. The van der Waals surface area contributed by atoms with Crippen LogP contribution in [0, 0.1) is 5.92 Å². The fraction of sp³-hybridized carbons (Fsp3) is 1.00. The normalized spacial score (nSPS) is 28.5. The smallest absolute Gasteiger partial charge is 0.0235 e. The molecule has 0 amide bonds. The maximum atomic E-state index is 3.69. The lowest BCUT2D eigenvalue weighted by atomic mass is 9.94. The van der Waals surface area contributed by atoms with E-state index in [1.165, 1.54) is 84.0 Å². The highest BCUT2D eigenvalue weighted by Crippen LogP contribution is 2.25. The molecule has 1 N–H and O–H groups in total. The van der Waals surface area contributed by atoms with Gasteiger partial charge in [0, 0.05) is 19.1 Å². The molecule has 0 spiro atoms. The van der Waals surface area contributed by atoms with Crippen molar-refractivity contribution in [1.29, 1.82) is 0 Å². The summed E-state index contributed by atoms with van der Waals surface area (Å²) in [6, 6.07) is 0.823. The van der Waals surface area contributed by atoms with Crippen LogP contribution in [-0.2, 0) is 0 Å². The number of unbranched alkanes of at least 4 members (excludes halogenated alkanes) is 6. The predicted octanol–water partition coefficient (Wildman–Crippen LogP) is 3.42. The molecule has 2 aliphatic heterocycles. The maximum absolute atomic E-state index is 3.69. The van der Waals surface area contributed by atoms with Gasteiger partial charge in [-0.05, 0) is 38.3 Å². The van der Waals surface area contributed by atoms with Crippen LogP contribution in [0.5, 0.6) is 0 Å². The van der Waals surface area contributed by atoms with Gasteiger partial charge in [-0.15, -0.1) is 0 Å². The van der Waals surface area contributed by atoms with Gasteiger partial charge >= 0.3 is 0 Å². The lowest BCUT2D eigenvalue weighted by Crippen LogP contribution is -2.40. The molecule has 2 heterocycles. The Morgan fingerprint density at radius 1 is 1.00 bits per heavy atom. The Balaban J connectivity index is 1.47. The van der Waals surface area contributed by atoms with Gasteiger partial charge in [-0.1, -0.05) is 45.4 Å². The topological polar surface area (TPSA) is 15.3 Å². The average Bonchev–Trinajstić information content (AvgIpc) is 2.80. The van der Waals surface area contributed by atoms with Crippen molar-refractivity contribution in [1.82, 2.24) is 10.2 Å². The van der Waals surface area contributed by atoms with Crippen LogP contribution in [0.2, 0.25) is 0 Å². The minimum atomic E-state index is 0.823. The van der Waals surface area contributed by atoms with Crippen molar-refractivity contribution in [2.75, 3.05) is 26.2 Å². The van der Waals surface area contributed by atoms with Crippen LogP contribution in [0.25, 0.3) is 0 Å². The number of piperidine rings is 1. The molecule has 0 aromatic rings. The molecular formula is C16H32N2. The quantitative estimate of drug-likeness (QED) is 0.666. The van der Waals surface area contributed by atoms with Gasteiger partial charge in [0.05, 0.1) is 0 Å². The van der Waals surface area contributed by atoms with Crippen molar-refractivity contribution in [3.05, 3.63) is 0 Å². The van der Waals surface area contributed by atoms with Crippen LogP contribution in [0.15, 0.2) is 0 Å². The zero-order valence-electron chi connectivity index (χ0n) is 12.3. The summed E-state index contributed by atoms with van der Waals surface area (Å²) in [4.78, 5) is 2.71. The van der Waals surface area contributed by atoms with Crippen LogP contribution >= 0.6 is 0 Å². The van der Waals surface area contributed by atoms with Gasteiger partial charge in [-0.25, -0.2) is 0 Å². The first-order chi connectivity index (χ1) is 8.90. The van der Waals surface area contributed by atoms with E-state index >= 15 is 0 Å². The summed E-state index contributed by atoms with van der Waals surface area (Å²) in [6.45, 7) is 7.59. The number of nitrogens with zero attached hydrogens (tertiary/aromatic N) is 1. The molecular weight excluding hydrogens is 220 g/mol. The second kappa shape index (κ2) is 8.16. The van der Waals surface area contributed by atoms with E-state index in [-0.39, 0.29) is 0 Å². The van der Waals surface area contributed by atoms with Crippen molar-refractivity contribution in [3.8, 4) is 0 Å². The van der Waals surface area contributed by atoms with E-state index in [2.05, 4.69) is 17.1 Å². The molecule has 2 fully saturated rings. The van der Waals surface area contributed by atoms with Crippen molar-refractivity contribution >= 4 is 0 Å². The summed E-state index contributed by atoms with van der Waals surface area (Å²) in [7, 11) is 0. The third-order valence-corrected chi connectivity index (χ3v) is 4.75. The third-order valence-electron chi connectivity index (χ3n) is 4.75. The zero-order chi connectivity index (χ0) is 12.6. The van der Waals surface area contributed by atoms with Gasteiger partial charge in [-0.3, -0.25) is 0 Å². The first-order valence-corrected chi connectivity index (χ1v) is 8.36. The molecule has 0 unspecified atom stereocenters. The first kappa shape index (κ1) is 14.3. The number of hydrogen-bond donors (Lipinski definition) is 1. The average molecular weight is 252 g/mol. The van der Waals surface area contributed by atoms with Crippen LogP contribution < -0.4 is 5.32 Å². The highest BCUT2D eigenvalue weighted by molar-refractivity contribution is 4.91. The minimum Gasteiger partial charge on any atom is -0.312 e. The Labute approximate surface area is 114 Å². The molecule has 0 radical (unpaired) electrons. The summed E-state index contributed by atoms with van der Waals surface area (Å²) < 4.78 is 0. The molecule has 0 bridgehead atoms. The number of fused-ring (bicyclic) bond motifs is 1. The molecule has 2 nitrogen and oxygen atoms in total. The fourth-order valence-electron chi connectivity index (χ4n) is 3.61. The van der Waals surface area contributed by atoms with Gasteiger partial charge in [-0.2, -0.15) is 0 Å². The van der Waals surface area contributed by atoms with E-state index in [9.17, 15) is 0 Å². The van der Waals surface area contributed by atoms with Crippen molar-refractivity contribution in [2.45, 2.75) is 70.8 Å². The second-order valence-corrected chi connectivity index (χ2v) is 6.34. The van der Waals surface area contributed by atoms with Gasteiger partial charge in [0.15, 0.2) is 0 Å². The van der Waals surface area contributed by atoms with Crippen LogP contribution in [0.3, 0.4) is 0 Å². The molecule has 2 atom stereocenters. The molecule has 0 aromatic carbocycles. The summed E-state index contributed by atoms with van der Waals surface area (Å²) in [6.07, 6.45) is 12.9. The van der Waals surface area contributed by atoms with Gasteiger partial charge in [0.25, 0.3) is 0 Å². The van der Waals surface area contributed by atoms with Crippen molar-refractivity contribution in [2.24, 2.45) is 5.92 Å². The molecule has 2 rings (SSSR count). The van der Waals surface area contributed by atoms with Crippen molar-refractivity contribution in [3.63, 3.8) is 0 Å². The van der Waals surface area contributed by atoms with Gasteiger partial charge in [0.2, 0.25) is 0 Å². The summed E-state index contributed by atoms with van der Waals surface area (Å²) in [5.41, 5.74) is 0. The monoisotopic (exact) mass is 252 g/mol. The maximum Gasteiger partial charge on any atom is 0.0235 e. The highest BCUT2D eigenvalue weighted by Gasteiger charge is 2.33. The SMILES string of the molecule is CCCCCCCCCN1C[C@@H]2CCCN[C@@H]2C1. The number of hydrogen-bond acceptors (Lipinski definition) is 2. The summed E-state index contributed by atoms with van der Waals surface area (Å²) >= 11 is 0. The number of rotatable bonds is 8. The molecule has 18 heavy (non-hydrogen) atoms. The largest absolute Gasteiger partial charge is 0.312 e. The second-order valence-electron chi connectivity index (χ2n) is 6.34. The van der Waals surface area contributed by atoms with Crippen molar-refractivity contribution < 1.29 is 0 Å². The van der Waals surface area contributed by atoms with Crippen LogP contribution in [-0.4, -0.2) is 37.1 Å². The van der Waals surface area contributed by atoms with Gasteiger partial charge < -0.3 is 10.2 Å². The molecule has 0 aliphatic carbocycles. The third kappa shape index (κ3) is 4.55. The number of nitrogens with one attached hydrogen (secondary N) is 1. The molecule has 0 saturated carbocycles. The summed E-state index contributed by atoms with van der Waals surface area (Å²) in [5, 5.41) is 3.69. The lowest BCUT2D eigenvalue weighted by Gasteiger charge is -2.24. The first-order valence-electron chi connectivity index (χ1n) is 8.36. The Morgan fingerprint density at radius 2 is 1.78 bits per heavy atom. The zero-order valence-corrected chi connectivity index (χ0v) is 12.3. The molecule has 2 aliphatic rings. The molecule has 2 saturated heterocycles. The van der Waals surface area contributed by atoms with E-state index in [0.29, 0.717) is 0 Å². The predicted molar refractivity (Wildman–Crippen MR) is 78.9 cm³/mol. The van der Waals surface area contributed by atoms with E-state index in [1.54, 1.807) is 0 Å². The van der Waals surface area contributed by atoms with E-state index in [1.807, 2.05) is 0 Å². The van der Waals surface area contributed by atoms with Crippen LogP contribution in [0.1, 0.15) is 64.7 Å². The number of likely N-dealkylation sites (tertiary alicyclic amines) is 1. The Morgan fingerprint density at radius 3 is 2.56 bits per heavy atom. The summed E-state index contributed by atoms with van der Waals surface area (Å²) in [5.74, 6) is 0.961. The molecule has 2 heteroatoms. The molecule has 0 aromatic heterocycles. The van der Waals surface area contributed by atoms with E-state index in [0.717, 1.165) is 12.0 Å². The van der Waals surface area contributed by atoms with E-state index in [4.69, 9.17) is 0 Å². The Hall–Kier alpha value is -0.0800. The molecule has 106 valence electrons. The van der Waals surface area contributed by atoms with Gasteiger partial charge in [0.1, 0.15) is 0 Å². The Bertz CT molecular complexity index is 203.